The van der Waals surface area contributed by atoms with E-state index in [-0.39, 0.29) is 0 Å². The first-order chi connectivity index (χ1) is 14.8. The molecule has 1 fully saturated rings. The molecule has 1 aliphatic heterocycles. The average Bonchev–Trinajstić information content (AvgIpc) is 3.11. The Bertz CT molecular complexity index is 972. The molecule has 0 amide bonds. The number of aryl methyl sites for hydroxylation is 2. The summed E-state index contributed by atoms with van der Waals surface area (Å²) in [6, 6.07) is 14.4. The lowest BCUT2D eigenvalue weighted by molar-refractivity contribution is 0.371. The molecule has 0 atom stereocenters. The number of benzene rings is 1. The number of rotatable bonds is 6. The van der Waals surface area contributed by atoms with Crippen LogP contribution >= 0.6 is 0 Å². The molecule has 3 heterocycles. The minimum Gasteiger partial charge on any atom is -0.357 e. The van der Waals surface area contributed by atoms with Crippen molar-refractivity contribution >= 4 is 22.8 Å². The van der Waals surface area contributed by atoms with Crippen LogP contribution < -0.4 is 10.2 Å². The first-order valence-electron chi connectivity index (χ1n) is 10.9. The van der Waals surface area contributed by atoms with E-state index in [1.54, 1.807) is 0 Å². The van der Waals surface area contributed by atoms with Crippen molar-refractivity contribution in [3.63, 3.8) is 0 Å². The van der Waals surface area contributed by atoms with Gasteiger partial charge in [-0.15, -0.1) is 0 Å². The third-order valence-corrected chi connectivity index (χ3v) is 5.53. The summed E-state index contributed by atoms with van der Waals surface area (Å²) in [5.41, 5.74) is 2.27. The summed E-state index contributed by atoms with van der Waals surface area (Å²) in [5.74, 6) is 3.14. The highest BCUT2D eigenvalue weighted by Crippen LogP contribution is 2.16. The molecule has 7 heteroatoms. The molecule has 0 spiro atoms. The lowest BCUT2D eigenvalue weighted by Crippen LogP contribution is -2.52. The lowest BCUT2D eigenvalue weighted by Gasteiger charge is -2.37. The molecular weight excluding hydrogens is 374 g/mol. The number of imidazole rings is 1. The van der Waals surface area contributed by atoms with E-state index in [9.17, 15) is 0 Å². The van der Waals surface area contributed by atoms with Gasteiger partial charge in [0.05, 0.1) is 11.0 Å². The number of pyridine rings is 1. The van der Waals surface area contributed by atoms with Gasteiger partial charge in [-0.3, -0.25) is 4.99 Å². The first kappa shape index (κ1) is 20.2. The van der Waals surface area contributed by atoms with Gasteiger partial charge in [0.25, 0.3) is 0 Å². The van der Waals surface area contributed by atoms with Gasteiger partial charge in [0.2, 0.25) is 0 Å². The summed E-state index contributed by atoms with van der Waals surface area (Å²) < 4.78 is 2.30. The van der Waals surface area contributed by atoms with E-state index in [1.165, 1.54) is 5.52 Å². The van der Waals surface area contributed by atoms with Crippen molar-refractivity contribution < 1.29 is 0 Å². The number of guanidine groups is 1. The number of nitrogens with zero attached hydrogens (tertiary/aromatic N) is 6. The van der Waals surface area contributed by atoms with Crippen LogP contribution in [0.4, 0.5) is 5.82 Å². The molecule has 0 aliphatic carbocycles. The molecule has 0 radical (unpaired) electrons. The quantitative estimate of drug-likeness (QED) is 0.388. The Kier molecular flexibility index (Phi) is 6.47. The van der Waals surface area contributed by atoms with Crippen LogP contribution in [0.5, 0.6) is 0 Å². The third-order valence-electron chi connectivity index (χ3n) is 5.53. The molecule has 1 aliphatic rings. The molecule has 0 bridgehead atoms. The summed E-state index contributed by atoms with van der Waals surface area (Å²) in [6.45, 7) is 10.6. The number of hydrogen-bond acceptors (Lipinski definition) is 4. The highest BCUT2D eigenvalue weighted by molar-refractivity contribution is 5.80. The number of aliphatic imine (C=N–C) groups is 1. The number of nitrogens with one attached hydrogen (secondary N) is 1. The predicted octanol–water partition coefficient (Wildman–Crippen LogP) is 2.92. The summed E-state index contributed by atoms with van der Waals surface area (Å²) in [6.07, 6.45) is 2.85. The molecule has 3 aromatic rings. The maximum Gasteiger partial charge on any atom is 0.194 e. The average molecular weight is 406 g/mol. The highest BCUT2D eigenvalue weighted by Gasteiger charge is 2.20. The molecule has 2 aromatic heterocycles. The Morgan fingerprint density at radius 2 is 1.87 bits per heavy atom. The van der Waals surface area contributed by atoms with Gasteiger partial charge in [-0.2, -0.15) is 0 Å². The van der Waals surface area contributed by atoms with Crippen LogP contribution in [0.25, 0.3) is 11.0 Å². The van der Waals surface area contributed by atoms with Gasteiger partial charge >= 0.3 is 0 Å². The van der Waals surface area contributed by atoms with E-state index in [2.05, 4.69) is 67.8 Å². The van der Waals surface area contributed by atoms with Crippen LogP contribution in [-0.2, 0) is 6.54 Å². The fraction of sp³-hybridized carbons (Fsp3) is 0.435. The number of aromatic nitrogens is 3. The zero-order valence-electron chi connectivity index (χ0n) is 18.0. The number of piperazine rings is 1. The van der Waals surface area contributed by atoms with Crippen LogP contribution in [0.15, 0.2) is 53.7 Å². The normalized spacial score (nSPS) is 15.1. The molecule has 1 N–H and O–H groups in total. The largest absolute Gasteiger partial charge is 0.357 e. The van der Waals surface area contributed by atoms with E-state index in [0.29, 0.717) is 0 Å². The molecule has 158 valence electrons. The Morgan fingerprint density at radius 1 is 1.07 bits per heavy atom. The van der Waals surface area contributed by atoms with Crippen LogP contribution in [-0.4, -0.2) is 64.7 Å². The Balaban J connectivity index is 1.33. The predicted molar refractivity (Wildman–Crippen MR) is 123 cm³/mol. The number of fused-ring (bicyclic) bond motifs is 1. The molecule has 1 saturated heterocycles. The molecule has 4 rings (SSSR count). The fourth-order valence-corrected chi connectivity index (χ4v) is 4.01. The van der Waals surface area contributed by atoms with E-state index >= 15 is 0 Å². The summed E-state index contributed by atoms with van der Waals surface area (Å²) in [7, 11) is 0. The van der Waals surface area contributed by atoms with Crippen molar-refractivity contribution in [1.82, 2.24) is 24.8 Å². The maximum absolute atomic E-state index is 4.91. The van der Waals surface area contributed by atoms with E-state index < -0.39 is 0 Å². The van der Waals surface area contributed by atoms with Crippen molar-refractivity contribution in [2.24, 2.45) is 4.99 Å². The van der Waals surface area contributed by atoms with Crippen molar-refractivity contribution in [2.75, 3.05) is 44.2 Å². The zero-order chi connectivity index (χ0) is 20.8. The highest BCUT2D eigenvalue weighted by atomic mass is 15.4. The van der Waals surface area contributed by atoms with Gasteiger partial charge < -0.3 is 19.7 Å². The molecular formula is C23H31N7. The number of hydrogen-bond donors (Lipinski definition) is 1. The van der Waals surface area contributed by atoms with Gasteiger partial charge in [0.1, 0.15) is 11.6 Å². The van der Waals surface area contributed by atoms with Gasteiger partial charge in [0.15, 0.2) is 5.96 Å². The van der Waals surface area contributed by atoms with Crippen molar-refractivity contribution in [3.05, 3.63) is 54.5 Å². The Morgan fingerprint density at radius 3 is 2.63 bits per heavy atom. The zero-order valence-corrected chi connectivity index (χ0v) is 18.0. The standard InChI is InChI=1S/C23H31N7/c1-3-24-23(29-17-15-28(16-18-29)22-11-6-7-12-25-22)26-13-8-14-30-19(2)27-20-9-4-5-10-21(20)30/h4-7,9-12H,3,8,13-18H2,1-2H3,(H,24,26). The molecule has 0 unspecified atom stereocenters. The fourth-order valence-electron chi connectivity index (χ4n) is 4.01. The van der Waals surface area contributed by atoms with Crippen LogP contribution in [0, 0.1) is 6.92 Å². The Labute approximate surface area is 178 Å². The molecule has 1 aromatic carbocycles. The van der Waals surface area contributed by atoms with E-state index in [4.69, 9.17) is 4.99 Å². The number of anilines is 1. The first-order valence-corrected chi connectivity index (χ1v) is 10.9. The lowest BCUT2D eigenvalue weighted by atomic mass is 10.3. The molecule has 0 saturated carbocycles. The molecule has 30 heavy (non-hydrogen) atoms. The third kappa shape index (κ3) is 4.56. The van der Waals surface area contributed by atoms with Crippen molar-refractivity contribution in [1.29, 1.82) is 0 Å². The van der Waals surface area contributed by atoms with Crippen LogP contribution in [0.1, 0.15) is 19.2 Å². The maximum atomic E-state index is 4.91. The van der Waals surface area contributed by atoms with Crippen LogP contribution in [0.2, 0.25) is 0 Å². The minimum absolute atomic E-state index is 0.800. The van der Waals surface area contributed by atoms with Gasteiger partial charge in [-0.05, 0) is 44.5 Å². The summed E-state index contributed by atoms with van der Waals surface area (Å²) >= 11 is 0. The smallest absolute Gasteiger partial charge is 0.194 e. The van der Waals surface area contributed by atoms with E-state index in [1.807, 2.05) is 24.4 Å². The summed E-state index contributed by atoms with van der Waals surface area (Å²) in [5, 5.41) is 3.46. The van der Waals surface area contributed by atoms with Crippen molar-refractivity contribution in [3.8, 4) is 0 Å². The monoisotopic (exact) mass is 405 g/mol. The summed E-state index contributed by atoms with van der Waals surface area (Å²) in [4.78, 5) is 18.7. The van der Waals surface area contributed by atoms with Gasteiger partial charge in [0, 0.05) is 52.0 Å². The molecule has 7 nitrogen and oxygen atoms in total. The SMILES string of the molecule is CCNC(=NCCCn1c(C)nc2ccccc21)N1CCN(c2ccccn2)CC1. The van der Waals surface area contributed by atoms with E-state index in [0.717, 1.165) is 75.4 Å². The van der Waals surface area contributed by atoms with Gasteiger partial charge in [-0.1, -0.05) is 18.2 Å². The van der Waals surface area contributed by atoms with Gasteiger partial charge in [-0.25, -0.2) is 9.97 Å². The second-order valence-corrected chi connectivity index (χ2v) is 7.55. The topological polar surface area (TPSA) is 61.6 Å². The number of para-hydroxylation sites is 2. The second-order valence-electron chi connectivity index (χ2n) is 7.55. The Hall–Kier alpha value is -3.09. The minimum atomic E-state index is 0.800. The van der Waals surface area contributed by atoms with Crippen LogP contribution in [0.3, 0.4) is 0 Å². The second kappa shape index (κ2) is 9.61. The van der Waals surface area contributed by atoms with Crippen molar-refractivity contribution in [2.45, 2.75) is 26.8 Å².